The zero-order chi connectivity index (χ0) is 7.40. The van der Waals surface area contributed by atoms with Crippen LogP contribution in [0.2, 0.25) is 0 Å². The van der Waals surface area contributed by atoms with Crippen LogP contribution in [-0.4, -0.2) is 35.6 Å². The van der Waals surface area contributed by atoms with Crippen LogP contribution < -0.4 is 0 Å². The second-order valence-electron chi connectivity index (χ2n) is 2.39. The number of carboxylic acids is 1. The van der Waals surface area contributed by atoms with E-state index in [1.54, 1.807) is 6.08 Å². The van der Waals surface area contributed by atoms with E-state index in [-0.39, 0.29) is 12.4 Å². The normalized spacial score (nSPS) is 17.5. The predicted molar refractivity (Wildman–Crippen MR) is 45.1 cm³/mol. The fourth-order valence-corrected chi connectivity index (χ4v) is 0.867. The Balaban J connectivity index is 0.000001000. The van der Waals surface area contributed by atoms with Crippen LogP contribution in [0.5, 0.6) is 0 Å². The van der Waals surface area contributed by atoms with Gasteiger partial charge in [-0.3, -0.25) is 4.90 Å². The number of hydrogen-bond acceptors (Lipinski definition) is 2. The molecular formula is C7H12ClNO2. The van der Waals surface area contributed by atoms with Crippen molar-refractivity contribution in [2.75, 3.05) is 19.6 Å². The molecule has 1 aliphatic rings. The quantitative estimate of drug-likeness (QED) is 0.647. The van der Waals surface area contributed by atoms with Gasteiger partial charge in [-0.2, -0.15) is 0 Å². The molecule has 0 amide bonds. The smallest absolute Gasteiger partial charge is 0.328 e. The largest absolute Gasteiger partial charge is 0.478 e. The van der Waals surface area contributed by atoms with Gasteiger partial charge in [0.05, 0.1) is 0 Å². The zero-order valence-electron chi connectivity index (χ0n) is 6.19. The first-order chi connectivity index (χ1) is 4.79. The molecule has 1 N–H and O–H groups in total. The summed E-state index contributed by atoms with van der Waals surface area (Å²) >= 11 is 0. The molecule has 0 aliphatic carbocycles. The Morgan fingerprint density at radius 1 is 1.55 bits per heavy atom. The summed E-state index contributed by atoms with van der Waals surface area (Å²) < 4.78 is 0. The van der Waals surface area contributed by atoms with Crippen LogP contribution in [0, 0.1) is 0 Å². The molecule has 64 valence electrons. The van der Waals surface area contributed by atoms with E-state index in [2.05, 4.69) is 4.90 Å². The number of carbonyl (C=O) groups is 1. The first-order valence-corrected chi connectivity index (χ1v) is 3.41. The number of carboxylic acid groups (broad SMARTS) is 1. The van der Waals surface area contributed by atoms with Crippen molar-refractivity contribution in [1.29, 1.82) is 0 Å². The summed E-state index contributed by atoms with van der Waals surface area (Å²) in [7, 11) is 0. The third kappa shape index (κ3) is 4.01. The maximum absolute atomic E-state index is 9.98. The summed E-state index contributed by atoms with van der Waals surface area (Å²) in [5, 5.41) is 8.21. The molecule has 0 aromatic rings. The summed E-state index contributed by atoms with van der Waals surface area (Å²) in [5.41, 5.74) is 0. The zero-order valence-corrected chi connectivity index (χ0v) is 7.01. The molecule has 0 saturated carbocycles. The molecule has 0 aromatic carbocycles. The van der Waals surface area contributed by atoms with Crippen molar-refractivity contribution in [3.63, 3.8) is 0 Å². The van der Waals surface area contributed by atoms with E-state index in [1.807, 2.05) is 0 Å². The molecule has 1 heterocycles. The van der Waals surface area contributed by atoms with E-state index in [1.165, 1.54) is 12.5 Å². The summed E-state index contributed by atoms with van der Waals surface area (Å²) in [5.74, 6) is -0.861. The van der Waals surface area contributed by atoms with Crippen LogP contribution in [0.3, 0.4) is 0 Å². The lowest BCUT2D eigenvalue weighted by molar-refractivity contribution is -0.131. The van der Waals surface area contributed by atoms with Gasteiger partial charge in [-0.05, 0) is 19.5 Å². The van der Waals surface area contributed by atoms with Gasteiger partial charge in [0, 0.05) is 12.6 Å². The maximum atomic E-state index is 9.98. The molecule has 3 nitrogen and oxygen atoms in total. The highest BCUT2D eigenvalue weighted by Crippen LogP contribution is 2.03. The van der Waals surface area contributed by atoms with Crippen molar-refractivity contribution in [1.82, 2.24) is 4.90 Å². The van der Waals surface area contributed by atoms with Crippen LogP contribution in [0.25, 0.3) is 0 Å². The van der Waals surface area contributed by atoms with Crippen LogP contribution in [-0.2, 0) is 4.79 Å². The predicted octanol–water partition coefficient (Wildman–Crippen LogP) is 0.755. The fourth-order valence-electron chi connectivity index (χ4n) is 0.867. The van der Waals surface area contributed by atoms with Crippen LogP contribution in [0.15, 0.2) is 12.2 Å². The molecule has 0 aromatic heterocycles. The number of aliphatic carboxylic acids is 1. The minimum Gasteiger partial charge on any atom is -0.478 e. The Hall–Kier alpha value is -0.540. The standard InChI is InChI=1S/C7H11NO2.ClH/c9-7(10)3-1-4-8-5-2-6-8;/h1,3H,2,4-6H2,(H,9,10);1H. The van der Waals surface area contributed by atoms with Crippen molar-refractivity contribution in [3.05, 3.63) is 12.2 Å². The van der Waals surface area contributed by atoms with E-state index in [4.69, 9.17) is 5.11 Å². The molecule has 0 unspecified atom stereocenters. The van der Waals surface area contributed by atoms with E-state index in [0.717, 1.165) is 19.6 Å². The SMILES string of the molecule is Cl.O=C(O)C=CCN1CCC1. The van der Waals surface area contributed by atoms with Crippen molar-refractivity contribution in [2.24, 2.45) is 0 Å². The van der Waals surface area contributed by atoms with Gasteiger partial charge in [0.2, 0.25) is 0 Å². The molecule has 4 heteroatoms. The van der Waals surface area contributed by atoms with Crippen molar-refractivity contribution in [3.8, 4) is 0 Å². The van der Waals surface area contributed by atoms with Crippen LogP contribution in [0.4, 0.5) is 0 Å². The number of halogens is 1. The van der Waals surface area contributed by atoms with Crippen molar-refractivity contribution < 1.29 is 9.90 Å². The summed E-state index contributed by atoms with van der Waals surface area (Å²) in [4.78, 5) is 12.2. The Bertz CT molecular complexity index is 155. The lowest BCUT2D eigenvalue weighted by Gasteiger charge is -2.29. The Labute approximate surface area is 72.1 Å². The summed E-state index contributed by atoms with van der Waals surface area (Å²) in [6.45, 7) is 3.01. The van der Waals surface area contributed by atoms with Gasteiger partial charge in [-0.25, -0.2) is 4.79 Å². The minimum absolute atomic E-state index is 0. The molecule has 1 saturated heterocycles. The summed E-state index contributed by atoms with van der Waals surface area (Å²) in [6, 6.07) is 0. The molecule has 0 atom stereocenters. The average molecular weight is 178 g/mol. The first-order valence-electron chi connectivity index (χ1n) is 3.41. The molecule has 0 radical (unpaired) electrons. The van der Waals surface area contributed by atoms with E-state index in [9.17, 15) is 4.79 Å². The van der Waals surface area contributed by atoms with E-state index < -0.39 is 5.97 Å². The third-order valence-electron chi connectivity index (χ3n) is 1.57. The number of hydrogen-bond donors (Lipinski definition) is 1. The third-order valence-corrected chi connectivity index (χ3v) is 1.57. The lowest BCUT2D eigenvalue weighted by Crippen LogP contribution is -2.36. The highest BCUT2D eigenvalue weighted by Gasteiger charge is 2.10. The molecule has 1 aliphatic heterocycles. The molecule has 1 rings (SSSR count). The van der Waals surface area contributed by atoms with Gasteiger partial charge in [-0.15, -0.1) is 12.4 Å². The number of rotatable bonds is 3. The van der Waals surface area contributed by atoms with Gasteiger partial charge in [0.15, 0.2) is 0 Å². The summed E-state index contributed by atoms with van der Waals surface area (Å²) in [6.07, 6.45) is 4.13. The van der Waals surface area contributed by atoms with Crippen LogP contribution >= 0.6 is 12.4 Å². The fraction of sp³-hybridized carbons (Fsp3) is 0.571. The number of likely N-dealkylation sites (tertiary alicyclic amines) is 1. The Kier molecular flexibility index (Phi) is 4.90. The topological polar surface area (TPSA) is 40.5 Å². The molecule has 1 fully saturated rings. The monoisotopic (exact) mass is 177 g/mol. The molecule has 0 bridgehead atoms. The molecule has 0 spiro atoms. The Morgan fingerprint density at radius 3 is 2.55 bits per heavy atom. The Morgan fingerprint density at radius 2 is 2.18 bits per heavy atom. The molecular weight excluding hydrogens is 166 g/mol. The van der Waals surface area contributed by atoms with E-state index in [0.29, 0.717) is 0 Å². The molecule has 11 heavy (non-hydrogen) atoms. The highest BCUT2D eigenvalue weighted by molar-refractivity contribution is 5.85. The van der Waals surface area contributed by atoms with Crippen molar-refractivity contribution in [2.45, 2.75) is 6.42 Å². The van der Waals surface area contributed by atoms with Crippen molar-refractivity contribution >= 4 is 18.4 Å². The van der Waals surface area contributed by atoms with Gasteiger partial charge >= 0.3 is 5.97 Å². The minimum atomic E-state index is -0.861. The first kappa shape index (κ1) is 10.5. The van der Waals surface area contributed by atoms with E-state index >= 15 is 0 Å². The lowest BCUT2D eigenvalue weighted by atomic mass is 10.2. The maximum Gasteiger partial charge on any atom is 0.328 e. The highest BCUT2D eigenvalue weighted by atomic mass is 35.5. The second kappa shape index (κ2) is 5.16. The number of nitrogens with zero attached hydrogens (tertiary/aromatic N) is 1. The van der Waals surface area contributed by atoms with Gasteiger partial charge in [0.25, 0.3) is 0 Å². The van der Waals surface area contributed by atoms with Gasteiger partial charge in [-0.1, -0.05) is 6.08 Å². The van der Waals surface area contributed by atoms with Crippen LogP contribution in [0.1, 0.15) is 6.42 Å². The van der Waals surface area contributed by atoms with Gasteiger partial charge < -0.3 is 5.11 Å². The van der Waals surface area contributed by atoms with Gasteiger partial charge in [0.1, 0.15) is 0 Å². The second-order valence-corrected chi connectivity index (χ2v) is 2.39. The average Bonchev–Trinajstić information content (AvgIpc) is 1.75.